The fourth-order valence-corrected chi connectivity index (χ4v) is 2.08. The van der Waals surface area contributed by atoms with E-state index in [1.54, 1.807) is 12.1 Å². The second-order valence-corrected chi connectivity index (χ2v) is 4.45. The lowest BCUT2D eigenvalue weighted by atomic mass is 9.81. The quantitative estimate of drug-likeness (QED) is 0.606. The Kier molecular flexibility index (Phi) is 5.61. The lowest BCUT2D eigenvalue weighted by Crippen LogP contribution is -2.35. The molecule has 1 aromatic rings. The molecule has 1 fully saturated rings. The summed E-state index contributed by atoms with van der Waals surface area (Å²) in [5, 5.41) is 0. The Bertz CT molecular complexity index is 455. The Morgan fingerprint density at radius 3 is 1.95 bits per heavy atom. The summed E-state index contributed by atoms with van der Waals surface area (Å²) >= 11 is 0. The van der Waals surface area contributed by atoms with Gasteiger partial charge < -0.3 is 0 Å². The van der Waals surface area contributed by atoms with Crippen LogP contribution in [0.25, 0.3) is 0 Å². The molecule has 2 rings (SSSR count). The summed E-state index contributed by atoms with van der Waals surface area (Å²) < 4.78 is 0. The van der Waals surface area contributed by atoms with Crippen molar-refractivity contribution in [1.29, 1.82) is 0 Å². The van der Waals surface area contributed by atoms with Crippen LogP contribution in [0.3, 0.4) is 0 Å². The third kappa shape index (κ3) is 3.60. The SMILES string of the molecule is CC.Cc1ccc(C(=O)C2C(=O)CCCC2=O)cc1. The molecule has 0 aromatic heterocycles. The minimum Gasteiger partial charge on any atom is -0.298 e. The van der Waals surface area contributed by atoms with Gasteiger partial charge >= 0.3 is 0 Å². The molecule has 0 bridgehead atoms. The number of carbonyl (C=O) groups is 3. The van der Waals surface area contributed by atoms with Crippen molar-refractivity contribution in [3.05, 3.63) is 35.4 Å². The van der Waals surface area contributed by atoms with E-state index in [0.717, 1.165) is 5.56 Å². The lowest BCUT2D eigenvalue weighted by Gasteiger charge is -2.18. The molecule has 19 heavy (non-hydrogen) atoms. The van der Waals surface area contributed by atoms with Gasteiger partial charge in [-0.05, 0) is 13.3 Å². The van der Waals surface area contributed by atoms with Gasteiger partial charge in [-0.15, -0.1) is 0 Å². The number of hydrogen-bond donors (Lipinski definition) is 0. The molecule has 1 aliphatic carbocycles. The van der Waals surface area contributed by atoms with Crippen molar-refractivity contribution in [3.8, 4) is 0 Å². The second kappa shape index (κ2) is 6.98. The van der Waals surface area contributed by atoms with E-state index in [2.05, 4.69) is 0 Å². The molecular formula is C16H20O3. The molecule has 1 saturated carbocycles. The van der Waals surface area contributed by atoms with Crippen LogP contribution in [-0.4, -0.2) is 17.3 Å². The Hall–Kier alpha value is -1.77. The maximum atomic E-state index is 12.1. The topological polar surface area (TPSA) is 51.2 Å². The van der Waals surface area contributed by atoms with E-state index >= 15 is 0 Å². The van der Waals surface area contributed by atoms with Crippen molar-refractivity contribution >= 4 is 17.3 Å². The van der Waals surface area contributed by atoms with Gasteiger partial charge in [-0.2, -0.15) is 0 Å². The average molecular weight is 260 g/mol. The highest BCUT2D eigenvalue weighted by atomic mass is 16.2. The second-order valence-electron chi connectivity index (χ2n) is 4.45. The van der Waals surface area contributed by atoms with E-state index in [-0.39, 0.29) is 17.3 Å². The highest BCUT2D eigenvalue weighted by Gasteiger charge is 2.36. The molecule has 3 heteroatoms. The van der Waals surface area contributed by atoms with E-state index in [0.29, 0.717) is 24.8 Å². The third-order valence-electron chi connectivity index (χ3n) is 3.09. The summed E-state index contributed by atoms with van der Waals surface area (Å²) in [5.41, 5.74) is 1.49. The molecule has 3 nitrogen and oxygen atoms in total. The van der Waals surface area contributed by atoms with Crippen LogP contribution in [0.5, 0.6) is 0 Å². The van der Waals surface area contributed by atoms with Gasteiger partial charge in [-0.3, -0.25) is 14.4 Å². The van der Waals surface area contributed by atoms with Gasteiger partial charge in [-0.1, -0.05) is 43.7 Å². The zero-order valence-electron chi connectivity index (χ0n) is 11.7. The summed E-state index contributed by atoms with van der Waals surface area (Å²) in [5.74, 6) is -1.86. The van der Waals surface area contributed by atoms with Crippen LogP contribution < -0.4 is 0 Å². The summed E-state index contributed by atoms with van der Waals surface area (Å²) in [6.07, 6.45) is 1.26. The molecule has 1 aromatic carbocycles. The van der Waals surface area contributed by atoms with E-state index in [9.17, 15) is 14.4 Å². The van der Waals surface area contributed by atoms with Gasteiger partial charge in [0.05, 0.1) is 0 Å². The first-order valence-corrected chi connectivity index (χ1v) is 6.76. The van der Waals surface area contributed by atoms with E-state index in [1.165, 1.54) is 0 Å². The summed E-state index contributed by atoms with van der Waals surface area (Å²) in [4.78, 5) is 35.4. The number of aryl methyl sites for hydroxylation is 1. The Morgan fingerprint density at radius 1 is 1.00 bits per heavy atom. The molecule has 1 aliphatic rings. The molecule has 0 unspecified atom stereocenters. The third-order valence-corrected chi connectivity index (χ3v) is 3.09. The van der Waals surface area contributed by atoms with E-state index in [1.807, 2.05) is 32.9 Å². The zero-order chi connectivity index (χ0) is 14.4. The molecule has 0 aliphatic heterocycles. The van der Waals surface area contributed by atoms with Crippen molar-refractivity contribution in [2.24, 2.45) is 5.92 Å². The minimum absolute atomic E-state index is 0.230. The normalized spacial score (nSPS) is 15.7. The average Bonchev–Trinajstić information content (AvgIpc) is 2.41. The molecule has 0 spiro atoms. The highest BCUT2D eigenvalue weighted by molar-refractivity contribution is 6.25. The predicted molar refractivity (Wildman–Crippen MR) is 74.2 cm³/mol. The van der Waals surface area contributed by atoms with Gasteiger partial charge in [-0.25, -0.2) is 0 Å². The molecule has 0 atom stereocenters. The van der Waals surface area contributed by atoms with Crippen molar-refractivity contribution in [1.82, 2.24) is 0 Å². The van der Waals surface area contributed by atoms with Crippen molar-refractivity contribution in [2.45, 2.75) is 40.0 Å². The number of hydrogen-bond acceptors (Lipinski definition) is 3. The minimum atomic E-state index is -1.05. The van der Waals surface area contributed by atoms with Crippen LogP contribution in [0.15, 0.2) is 24.3 Å². The molecule has 102 valence electrons. The van der Waals surface area contributed by atoms with Crippen LogP contribution in [0.1, 0.15) is 49.0 Å². The van der Waals surface area contributed by atoms with Gasteiger partial charge in [0, 0.05) is 18.4 Å². The lowest BCUT2D eigenvalue weighted by molar-refractivity contribution is -0.133. The molecule has 0 saturated heterocycles. The summed E-state index contributed by atoms with van der Waals surface area (Å²) in [6.45, 7) is 5.92. The smallest absolute Gasteiger partial charge is 0.180 e. The monoisotopic (exact) mass is 260 g/mol. The first kappa shape index (κ1) is 15.3. The van der Waals surface area contributed by atoms with Crippen LogP contribution in [0.4, 0.5) is 0 Å². The number of rotatable bonds is 2. The van der Waals surface area contributed by atoms with Crippen LogP contribution in [0.2, 0.25) is 0 Å². The standard InChI is InChI=1S/C14H14O3.C2H6/c1-9-5-7-10(8-6-9)14(17)13-11(15)3-2-4-12(13)16;1-2/h5-8,13H,2-4H2,1H3;1-2H3. The Labute approximate surface area is 114 Å². The Morgan fingerprint density at radius 2 is 1.47 bits per heavy atom. The zero-order valence-corrected chi connectivity index (χ0v) is 11.7. The van der Waals surface area contributed by atoms with Crippen LogP contribution in [0, 0.1) is 12.8 Å². The van der Waals surface area contributed by atoms with E-state index in [4.69, 9.17) is 0 Å². The molecule has 0 heterocycles. The molecule has 0 radical (unpaired) electrons. The van der Waals surface area contributed by atoms with Crippen molar-refractivity contribution < 1.29 is 14.4 Å². The van der Waals surface area contributed by atoms with Crippen LogP contribution in [-0.2, 0) is 9.59 Å². The summed E-state index contributed by atoms with van der Waals surface area (Å²) in [7, 11) is 0. The summed E-state index contributed by atoms with van der Waals surface area (Å²) in [6, 6.07) is 6.97. The largest absolute Gasteiger partial charge is 0.298 e. The molecule has 0 amide bonds. The number of Topliss-reactive ketones (excluding diaryl/α,β-unsaturated/α-hetero) is 3. The van der Waals surface area contributed by atoms with E-state index < -0.39 is 5.92 Å². The van der Waals surface area contributed by atoms with Crippen LogP contribution >= 0.6 is 0 Å². The van der Waals surface area contributed by atoms with Gasteiger partial charge in [0.25, 0.3) is 0 Å². The first-order chi connectivity index (χ1) is 9.09. The molecule has 0 N–H and O–H groups in total. The van der Waals surface area contributed by atoms with Crippen molar-refractivity contribution in [2.75, 3.05) is 0 Å². The number of ketones is 3. The fourth-order valence-electron chi connectivity index (χ4n) is 2.08. The predicted octanol–water partition coefficient (Wildman–Crippen LogP) is 3.14. The van der Waals surface area contributed by atoms with Gasteiger partial charge in [0.1, 0.15) is 5.92 Å². The van der Waals surface area contributed by atoms with Gasteiger partial charge in [0.15, 0.2) is 17.3 Å². The highest BCUT2D eigenvalue weighted by Crippen LogP contribution is 2.21. The maximum Gasteiger partial charge on any atom is 0.180 e. The molecular weight excluding hydrogens is 240 g/mol. The number of carbonyl (C=O) groups excluding carboxylic acids is 3. The first-order valence-electron chi connectivity index (χ1n) is 6.76. The maximum absolute atomic E-state index is 12.1. The van der Waals surface area contributed by atoms with Crippen molar-refractivity contribution in [3.63, 3.8) is 0 Å². The number of benzene rings is 1. The van der Waals surface area contributed by atoms with Gasteiger partial charge in [0.2, 0.25) is 0 Å². The Balaban J connectivity index is 0.000000861. The fraction of sp³-hybridized carbons (Fsp3) is 0.438.